The van der Waals surface area contributed by atoms with Gasteiger partial charge in [0.05, 0.1) is 0 Å². The van der Waals surface area contributed by atoms with Crippen molar-refractivity contribution in [2.75, 3.05) is 19.9 Å². The molecule has 1 aromatic rings. The van der Waals surface area contributed by atoms with Crippen LogP contribution >= 0.6 is 6.49 Å². The molecule has 19 heavy (non-hydrogen) atoms. The fourth-order valence-electron chi connectivity index (χ4n) is 1.71. The van der Waals surface area contributed by atoms with E-state index in [0.717, 1.165) is 12.2 Å². The first-order valence-corrected chi connectivity index (χ1v) is 10.6. The molecule has 0 spiro atoms. The van der Waals surface area contributed by atoms with E-state index < -0.39 is 15.9 Å². The molecule has 5 nitrogen and oxygen atoms in total. The van der Waals surface area contributed by atoms with Gasteiger partial charge in [0.25, 0.3) is 0 Å². The molecule has 110 valence electrons. The number of rotatable bonds is 6. The fraction of sp³-hybridized carbons (Fsp3) is 0.500. The molecular formula is C12H21O5PS. The third-order valence-electron chi connectivity index (χ3n) is 2.71. The Bertz CT molecular complexity index is 526. The first-order valence-electron chi connectivity index (χ1n) is 6.05. The Labute approximate surface area is 114 Å². The Morgan fingerprint density at radius 1 is 1.11 bits per heavy atom. The molecule has 7 heteroatoms. The van der Waals surface area contributed by atoms with Crippen LogP contribution in [-0.4, -0.2) is 33.2 Å². The molecule has 0 aliphatic rings. The van der Waals surface area contributed by atoms with Crippen LogP contribution in [0.2, 0.25) is 0 Å². The molecule has 1 N–H and O–H groups in total. The first kappa shape index (κ1) is 16.5. The Morgan fingerprint density at radius 3 is 1.89 bits per heavy atom. The number of benzene rings is 1. The molecule has 1 aromatic carbocycles. The van der Waals surface area contributed by atoms with Gasteiger partial charge < -0.3 is 0 Å². The monoisotopic (exact) mass is 308 g/mol. The molecule has 0 aliphatic carbocycles. The van der Waals surface area contributed by atoms with Crippen LogP contribution in [0.3, 0.4) is 0 Å². The minimum atomic E-state index is -4.75. The minimum absolute atomic E-state index is 0.00247. The van der Waals surface area contributed by atoms with Gasteiger partial charge >= 0.3 is 114 Å². The second-order valence-electron chi connectivity index (χ2n) is 4.34. The van der Waals surface area contributed by atoms with Crippen molar-refractivity contribution in [2.24, 2.45) is 0 Å². The van der Waals surface area contributed by atoms with Crippen LogP contribution in [-0.2, 0) is 18.5 Å². The van der Waals surface area contributed by atoms with E-state index in [1.807, 2.05) is 6.92 Å². The molecule has 0 bridgehead atoms. The SMILES string of the molecule is CCOP(C)(O)(OCC)S(=O)(=O)c1ccc(C)cc1. The van der Waals surface area contributed by atoms with Crippen molar-refractivity contribution < 1.29 is 22.4 Å². The molecule has 0 heterocycles. The van der Waals surface area contributed by atoms with E-state index in [0.29, 0.717) is 0 Å². The van der Waals surface area contributed by atoms with Gasteiger partial charge in [-0.05, 0) is 0 Å². The first-order chi connectivity index (χ1) is 8.66. The molecule has 0 aromatic heterocycles. The second-order valence-corrected chi connectivity index (χ2v) is 12.6. The van der Waals surface area contributed by atoms with Crippen LogP contribution < -0.4 is 0 Å². The van der Waals surface area contributed by atoms with Crippen molar-refractivity contribution in [3.63, 3.8) is 0 Å². The molecular weight excluding hydrogens is 287 g/mol. The van der Waals surface area contributed by atoms with Gasteiger partial charge in [-0.15, -0.1) is 0 Å². The molecule has 0 atom stereocenters. The number of hydrogen-bond donors (Lipinski definition) is 1. The zero-order chi connectivity index (χ0) is 14.8. The van der Waals surface area contributed by atoms with Crippen LogP contribution in [0.25, 0.3) is 0 Å². The normalized spacial score (nSPS) is 14.9. The molecule has 0 amide bonds. The summed E-state index contributed by atoms with van der Waals surface area (Å²) in [5, 5.41) is 0. The van der Waals surface area contributed by atoms with E-state index in [9.17, 15) is 13.3 Å². The predicted octanol–water partition coefficient (Wildman–Crippen LogP) is 2.68. The van der Waals surface area contributed by atoms with Crippen molar-refractivity contribution in [3.05, 3.63) is 29.8 Å². The number of aryl methyl sites for hydroxylation is 1. The van der Waals surface area contributed by atoms with Crippen molar-refractivity contribution in [1.29, 1.82) is 0 Å². The summed E-state index contributed by atoms with van der Waals surface area (Å²) in [4.78, 5) is 10.6. The Hall–Kier alpha value is -0.520. The summed E-state index contributed by atoms with van der Waals surface area (Å²) in [5.74, 6) is 0. The van der Waals surface area contributed by atoms with Crippen LogP contribution in [0.4, 0.5) is 0 Å². The van der Waals surface area contributed by atoms with Gasteiger partial charge in [0.2, 0.25) is 0 Å². The standard InChI is InChI=1S/C12H21O5PS/c1-5-16-18(4,13,17-6-2)19(14,15)12-9-7-11(3)8-10-12/h7-10,13H,5-6H2,1-4H3. The Morgan fingerprint density at radius 2 is 1.53 bits per heavy atom. The second kappa shape index (κ2) is 5.46. The number of hydrogen-bond acceptors (Lipinski definition) is 5. The van der Waals surface area contributed by atoms with Gasteiger partial charge in [0.15, 0.2) is 0 Å². The summed E-state index contributed by atoms with van der Waals surface area (Å²) in [5.41, 5.74) is 0.932. The van der Waals surface area contributed by atoms with E-state index in [-0.39, 0.29) is 18.1 Å². The molecule has 1 rings (SSSR count). The van der Waals surface area contributed by atoms with Crippen LogP contribution in [0.15, 0.2) is 29.2 Å². The third kappa shape index (κ3) is 2.98. The van der Waals surface area contributed by atoms with Crippen LogP contribution in [0.1, 0.15) is 19.4 Å². The zero-order valence-electron chi connectivity index (χ0n) is 11.7. The van der Waals surface area contributed by atoms with E-state index in [1.165, 1.54) is 12.1 Å². The maximum atomic E-state index is 12.6. The van der Waals surface area contributed by atoms with Gasteiger partial charge in [0.1, 0.15) is 0 Å². The Balaban J connectivity index is 3.40. The average Bonchev–Trinajstić information content (AvgIpc) is 2.29. The molecule has 0 fully saturated rings. The van der Waals surface area contributed by atoms with Crippen molar-refractivity contribution in [2.45, 2.75) is 25.7 Å². The van der Waals surface area contributed by atoms with Gasteiger partial charge in [-0.3, -0.25) is 0 Å². The summed E-state index contributed by atoms with van der Waals surface area (Å²) in [6, 6.07) is 6.23. The quantitative estimate of drug-likeness (QED) is 0.818. The van der Waals surface area contributed by atoms with Crippen LogP contribution in [0.5, 0.6) is 0 Å². The zero-order valence-corrected chi connectivity index (χ0v) is 13.4. The average molecular weight is 308 g/mol. The predicted molar refractivity (Wildman–Crippen MR) is 76.7 cm³/mol. The van der Waals surface area contributed by atoms with Gasteiger partial charge in [-0.25, -0.2) is 0 Å². The van der Waals surface area contributed by atoms with Gasteiger partial charge in [0, 0.05) is 0 Å². The summed E-state index contributed by atoms with van der Waals surface area (Å²) in [6.07, 6.45) is 0. The molecule has 0 saturated carbocycles. The van der Waals surface area contributed by atoms with Crippen LogP contribution in [0, 0.1) is 6.92 Å². The molecule has 0 saturated heterocycles. The van der Waals surface area contributed by atoms with Crippen molar-refractivity contribution >= 4 is 15.9 Å². The van der Waals surface area contributed by atoms with Crippen molar-refractivity contribution in [3.8, 4) is 0 Å². The van der Waals surface area contributed by atoms with E-state index in [4.69, 9.17) is 9.05 Å². The van der Waals surface area contributed by atoms with E-state index in [2.05, 4.69) is 0 Å². The fourth-order valence-corrected chi connectivity index (χ4v) is 7.45. The topological polar surface area (TPSA) is 72.8 Å². The summed E-state index contributed by atoms with van der Waals surface area (Å²) in [7, 11) is -4.10. The van der Waals surface area contributed by atoms with Crippen molar-refractivity contribution in [1.82, 2.24) is 0 Å². The summed E-state index contributed by atoms with van der Waals surface area (Å²) >= 11 is 0. The Kier molecular flexibility index (Phi) is 4.75. The van der Waals surface area contributed by atoms with Gasteiger partial charge in [-0.1, -0.05) is 0 Å². The summed E-state index contributed by atoms with van der Waals surface area (Å²) < 4.78 is 35.6. The molecule has 0 aliphatic heterocycles. The summed E-state index contributed by atoms with van der Waals surface area (Å²) in [6.45, 7) is 1.59. The van der Waals surface area contributed by atoms with E-state index >= 15 is 0 Å². The van der Waals surface area contributed by atoms with E-state index in [1.54, 1.807) is 26.0 Å². The molecule has 0 radical (unpaired) electrons. The third-order valence-corrected chi connectivity index (χ3v) is 10.9. The molecule has 0 unspecified atom stereocenters. The maximum absolute atomic E-state index is 12.6. The van der Waals surface area contributed by atoms with Gasteiger partial charge in [-0.2, -0.15) is 0 Å².